The summed E-state index contributed by atoms with van der Waals surface area (Å²) in [5.74, 6) is 0.632. The lowest BCUT2D eigenvalue weighted by atomic mass is 10.1. The number of hydrogen-bond acceptors (Lipinski definition) is 4. The molecule has 2 rings (SSSR count). The van der Waals surface area contributed by atoms with Gasteiger partial charge in [0, 0.05) is 19.2 Å². The SMILES string of the molecule is COc1cccnc1C(O)CC1CCCO1. The Labute approximate surface area is 95.2 Å². The lowest BCUT2D eigenvalue weighted by Crippen LogP contribution is -2.13. The molecule has 1 aromatic heterocycles. The zero-order valence-electron chi connectivity index (χ0n) is 9.43. The lowest BCUT2D eigenvalue weighted by molar-refractivity contribution is 0.0509. The second kappa shape index (κ2) is 5.27. The van der Waals surface area contributed by atoms with E-state index in [1.807, 2.05) is 0 Å². The van der Waals surface area contributed by atoms with Gasteiger partial charge in [-0.1, -0.05) is 0 Å². The minimum absolute atomic E-state index is 0.154. The molecular weight excluding hydrogens is 206 g/mol. The van der Waals surface area contributed by atoms with Crippen LogP contribution >= 0.6 is 0 Å². The monoisotopic (exact) mass is 223 g/mol. The maximum Gasteiger partial charge on any atom is 0.143 e. The van der Waals surface area contributed by atoms with E-state index in [9.17, 15) is 5.11 Å². The van der Waals surface area contributed by atoms with E-state index in [-0.39, 0.29) is 6.10 Å². The smallest absolute Gasteiger partial charge is 0.143 e. The van der Waals surface area contributed by atoms with Crippen molar-refractivity contribution in [2.24, 2.45) is 0 Å². The second-order valence-corrected chi connectivity index (χ2v) is 3.98. The molecule has 0 spiro atoms. The van der Waals surface area contributed by atoms with Gasteiger partial charge >= 0.3 is 0 Å². The van der Waals surface area contributed by atoms with Gasteiger partial charge < -0.3 is 14.6 Å². The van der Waals surface area contributed by atoms with Crippen molar-refractivity contribution < 1.29 is 14.6 Å². The highest BCUT2D eigenvalue weighted by molar-refractivity contribution is 5.28. The number of aromatic nitrogens is 1. The molecule has 2 unspecified atom stereocenters. The summed E-state index contributed by atoms with van der Waals surface area (Å²) in [6.45, 7) is 0.802. The van der Waals surface area contributed by atoms with Gasteiger partial charge in [-0.2, -0.15) is 0 Å². The van der Waals surface area contributed by atoms with Gasteiger partial charge in [-0.3, -0.25) is 4.98 Å². The van der Waals surface area contributed by atoms with Crippen LogP contribution in [0.25, 0.3) is 0 Å². The summed E-state index contributed by atoms with van der Waals surface area (Å²) >= 11 is 0. The van der Waals surface area contributed by atoms with Crippen LogP contribution in [0.4, 0.5) is 0 Å². The molecule has 1 saturated heterocycles. The van der Waals surface area contributed by atoms with Gasteiger partial charge in [-0.25, -0.2) is 0 Å². The maximum atomic E-state index is 10.1. The van der Waals surface area contributed by atoms with E-state index in [0.29, 0.717) is 17.9 Å². The molecule has 88 valence electrons. The Morgan fingerprint density at radius 3 is 3.25 bits per heavy atom. The molecule has 1 N–H and O–H groups in total. The Hall–Kier alpha value is -1.13. The van der Waals surface area contributed by atoms with Gasteiger partial charge in [0.05, 0.1) is 13.2 Å². The Morgan fingerprint density at radius 2 is 2.56 bits per heavy atom. The van der Waals surface area contributed by atoms with Crippen molar-refractivity contribution in [1.29, 1.82) is 0 Å². The largest absolute Gasteiger partial charge is 0.495 e. The molecule has 1 aromatic rings. The van der Waals surface area contributed by atoms with E-state index < -0.39 is 6.10 Å². The molecule has 4 nitrogen and oxygen atoms in total. The van der Waals surface area contributed by atoms with Crippen molar-refractivity contribution in [3.8, 4) is 5.75 Å². The normalized spacial score (nSPS) is 22.0. The van der Waals surface area contributed by atoms with Crippen LogP contribution in [-0.2, 0) is 4.74 Å². The number of methoxy groups -OCH3 is 1. The fourth-order valence-electron chi connectivity index (χ4n) is 2.02. The number of ether oxygens (including phenoxy) is 2. The quantitative estimate of drug-likeness (QED) is 0.844. The molecule has 2 heterocycles. The van der Waals surface area contributed by atoms with E-state index in [0.717, 1.165) is 19.4 Å². The van der Waals surface area contributed by atoms with Crippen LogP contribution < -0.4 is 4.74 Å². The zero-order chi connectivity index (χ0) is 11.4. The minimum atomic E-state index is -0.612. The third-order valence-corrected chi connectivity index (χ3v) is 2.85. The maximum absolute atomic E-state index is 10.1. The average Bonchev–Trinajstić information content (AvgIpc) is 2.81. The molecule has 2 atom stereocenters. The van der Waals surface area contributed by atoms with Crippen LogP contribution in [0.15, 0.2) is 18.3 Å². The molecule has 0 saturated carbocycles. The molecule has 0 aliphatic carbocycles. The van der Waals surface area contributed by atoms with Crippen molar-refractivity contribution in [2.45, 2.75) is 31.5 Å². The first-order valence-corrected chi connectivity index (χ1v) is 5.60. The van der Waals surface area contributed by atoms with Crippen molar-refractivity contribution in [1.82, 2.24) is 4.98 Å². The highest BCUT2D eigenvalue weighted by atomic mass is 16.5. The van der Waals surface area contributed by atoms with Gasteiger partial charge in [0.25, 0.3) is 0 Å². The number of aliphatic hydroxyl groups is 1. The molecule has 0 radical (unpaired) electrons. The summed E-state index contributed by atoms with van der Waals surface area (Å²) in [6.07, 6.45) is 3.90. The van der Waals surface area contributed by atoms with Crippen molar-refractivity contribution in [2.75, 3.05) is 13.7 Å². The second-order valence-electron chi connectivity index (χ2n) is 3.98. The van der Waals surface area contributed by atoms with Crippen LogP contribution in [0.2, 0.25) is 0 Å². The molecule has 0 amide bonds. The highest BCUT2D eigenvalue weighted by Gasteiger charge is 2.23. The summed E-state index contributed by atoms with van der Waals surface area (Å²) in [6, 6.07) is 3.60. The Morgan fingerprint density at radius 1 is 1.69 bits per heavy atom. The number of hydrogen-bond donors (Lipinski definition) is 1. The van der Waals surface area contributed by atoms with Gasteiger partial charge in [-0.05, 0) is 25.0 Å². The predicted octanol–water partition coefficient (Wildman–Crippen LogP) is 1.69. The first-order chi connectivity index (χ1) is 7.81. The van der Waals surface area contributed by atoms with Gasteiger partial charge in [0.1, 0.15) is 17.5 Å². The van der Waals surface area contributed by atoms with E-state index in [1.54, 1.807) is 25.4 Å². The van der Waals surface area contributed by atoms with E-state index in [1.165, 1.54) is 0 Å². The first-order valence-electron chi connectivity index (χ1n) is 5.60. The fraction of sp³-hybridized carbons (Fsp3) is 0.583. The van der Waals surface area contributed by atoms with Gasteiger partial charge in [0.2, 0.25) is 0 Å². The van der Waals surface area contributed by atoms with E-state index in [2.05, 4.69) is 4.98 Å². The molecule has 0 bridgehead atoms. The van der Waals surface area contributed by atoms with Crippen LogP contribution in [-0.4, -0.2) is 29.9 Å². The zero-order valence-corrected chi connectivity index (χ0v) is 9.43. The third-order valence-electron chi connectivity index (χ3n) is 2.85. The fourth-order valence-corrected chi connectivity index (χ4v) is 2.02. The lowest BCUT2D eigenvalue weighted by Gasteiger charge is -2.16. The molecule has 16 heavy (non-hydrogen) atoms. The van der Waals surface area contributed by atoms with Crippen molar-refractivity contribution >= 4 is 0 Å². The summed E-state index contributed by atoms with van der Waals surface area (Å²) in [4.78, 5) is 4.16. The standard InChI is InChI=1S/C12H17NO3/c1-15-11-5-2-6-13-12(11)10(14)8-9-4-3-7-16-9/h2,5-6,9-10,14H,3-4,7-8H2,1H3. The molecule has 1 aliphatic rings. The molecule has 0 aromatic carbocycles. The topological polar surface area (TPSA) is 51.6 Å². The molecule has 4 heteroatoms. The third kappa shape index (κ3) is 2.51. The number of nitrogens with zero attached hydrogens (tertiary/aromatic N) is 1. The Balaban J connectivity index is 2.04. The average molecular weight is 223 g/mol. The number of rotatable bonds is 4. The first kappa shape index (κ1) is 11.4. The Bertz CT molecular complexity index is 337. The summed E-state index contributed by atoms with van der Waals surface area (Å²) in [5, 5.41) is 10.1. The van der Waals surface area contributed by atoms with Crippen molar-refractivity contribution in [3.05, 3.63) is 24.0 Å². The van der Waals surface area contributed by atoms with Gasteiger partial charge in [-0.15, -0.1) is 0 Å². The van der Waals surface area contributed by atoms with Crippen LogP contribution in [0.3, 0.4) is 0 Å². The van der Waals surface area contributed by atoms with Crippen molar-refractivity contribution in [3.63, 3.8) is 0 Å². The van der Waals surface area contributed by atoms with Crippen LogP contribution in [0, 0.1) is 0 Å². The minimum Gasteiger partial charge on any atom is -0.495 e. The molecule has 1 aliphatic heterocycles. The van der Waals surface area contributed by atoms with Gasteiger partial charge in [0.15, 0.2) is 0 Å². The highest BCUT2D eigenvalue weighted by Crippen LogP contribution is 2.28. The summed E-state index contributed by atoms with van der Waals surface area (Å²) in [7, 11) is 1.58. The molecular formula is C12H17NO3. The molecule has 1 fully saturated rings. The summed E-state index contributed by atoms with van der Waals surface area (Å²) in [5.41, 5.74) is 0.598. The predicted molar refractivity (Wildman–Crippen MR) is 59.3 cm³/mol. The van der Waals surface area contributed by atoms with E-state index >= 15 is 0 Å². The number of aliphatic hydroxyl groups excluding tert-OH is 1. The number of pyridine rings is 1. The van der Waals surface area contributed by atoms with E-state index in [4.69, 9.17) is 9.47 Å². The van der Waals surface area contributed by atoms with Crippen LogP contribution in [0.1, 0.15) is 31.1 Å². The summed E-state index contributed by atoms with van der Waals surface area (Å²) < 4.78 is 10.7. The van der Waals surface area contributed by atoms with Crippen LogP contribution in [0.5, 0.6) is 5.75 Å². The Kier molecular flexibility index (Phi) is 3.74.